The van der Waals surface area contributed by atoms with Crippen molar-refractivity contribution in [2.75, 3.05) is 0 Å². The van der Waals surface area contributed by atoms with E-state index in [9.17, 15) is 0 Å². The lowest BCUT2D eigenvalue weighted by molar-refractivity contribution is 0.647. The maximum atomic E-state index is 6.67. The van der Waals surface area contributed by atoms with Crippen molar-refractivity contribution in [3.8, 4) is 45.0 Å². The Bertz CT molecular complexity index is 2010. The number of nitrogens with zero attached hydrogens (tertiary/aromatic N) is 2. The summed E-state index contributed by atoms with van der Waals surface area (Å²) in [6.07, 6.45) is 0. The number of hydrogen-bond donors (Lipinski definition) is 0. The maximum Gasteiger partial charge on any atom is 0.164 e. The van der Waals surface area contributed by atoms with Crippen molar-refractivity contribution in [3.05, 3.63) is 132 Å². The van der Waals surface area contributed by atoms with Gasteiger partial charge >= 0.3 is 0 Å². The Morgan fingerprint density at radius 1 is 0.525 bits per heavy atom. The molecule has 5 aromatic carbocycles. The highest BCUT2D eigenvalue weighted by Gasteiger charge is 2.36. The molecule has 40 heavy (non-hydrogen) atoms. The van der Waals surface area contributed by atoms with Crippen LogP contribution in [0.5, 0.6) is 0 Å². The molecule has 2 heterocycles. The largest absolute Gasteiger partial charge is 0.455 e. The van der Waals surface area contributed by atoms with Crippen LogP contribution in [-0.2, 0) is 5.41 Å². The summed E-state index contributed by atoms with van der Waals surface area (Å²) in [6.45, 7) is 4.59. The first-order valence-corrected chi connectivity index (χ1v) is 13.7. The van der Waals surface area contributed by atoms with E-state index >= 15 is 0 Å². The first kappa shape index (κ1) is 22.9. The summed E-state index contributed by atoms with van der Waals surface area (Å²) in [7, 11) is 0. The summed E-state index contributed by atoms with van der Waals surface area (Å²) < 4.78 is 6.67. The van der Waals surface area contributed by atoms with Crippen molar-refractivity contribution in [2.24, 2.45) is 0 Å². The Labute approximate surface area is 232 Å². The highest BCUT2D eigenvalue weighted by molar-refractivity contribution is 6.11. The van der Waals surface area contributed by atoms with E-state index in [0.29, 0.717) is 5.82 Å². The maximum absolute atomic E-state index is 6.67. The molecule has 2 aromatic heterocycles. The molecule has 3 heteroatoms. The Morgan fingerprint density at radius 3 is 1.85 bits per heavy atom. The molecule has 0 fully saturated rings. The van der Waals surface area contributed by atoms with Crippen molar-refractivity contribution >= 4 is 21.9 Å². The molecule has 0 radical (unpaired) electrons. The number of fused-ring (bicyclic) bond motifs is 6. The van der Waals surface area contributed by atoms with Gasteiger partial charge < -0.3 is 4.42 Å². The molecular formula is C37H26N2O. The Morgan fingerprint density at radius 2 is 1.15 bits per heavy atom. The van der Waals surface area contributed by atoms with Crippen LogP contribution in [0.3, 0.4) is 0 Å². The van der Waals surface area contributed by atoms with Gasteiger partial charge in [-0.15, -0.1) is 0 Å². The van der Waals surface area contributed by atoms with Crippen LogP contribution in [0.4, 0.5) is 0 Å². The van der Waals surface area contributed by atoms with Crippen molar-refractivity contribution in [2.45, 2.75) is 19.3 Å². The molecule has 1 aliphatic rings. The average molecular weight is 515 g/mol. The molecule has 0 bridgehead atoms. The smallest absolute Gasteiger partial charge is 0.164 e. The summed E-state index contributed by atoms with van der Waals surface area (Å²) in [5.74, 6) is 0.656. The third-order valence-electron chi connectivity index (χ3n) is 8.31. The molecule has 190 valence electrons. The zero-order valence-electron chi connectivity index (χ0n) is 22.3. The molecule has 8 rings (SSSR count). The van der Waals surface area contributed by atoms with E-state index in [0.717, 1.165) is 50.0 Å². The first-order chi connectivity index (χ1) is 19.6. The van der Waals surface area contributed by atoms with E-state index < -0.39 is 0 Å². The van der Waals surface area contributed by atoms with E-state index in [1.807, 2.05) is 36.4 Å². The van der Waals surface area contributed by atoms with Gasteiger partial charge in [0, 0.05) is 27.3 Å². The number of furan rings is 1. The van der Waals surface area contributed by atoms with Gasteiger partial charge in [0.25, 0.3) is 0 Å². The molecule has 0 saturated carbocycles. The average Bonchev–Trinajstić information content (AvgIpc) is 3.49. The summed E-state index contributed by atoms with van der Waals surface area (Å²) in [5, 5.41) is 2.19. The van der Waals surface area contributed by atoms with Gasteiger partial charge in [0.2, 0.25) is 0 Å². The number of aromatic nitrogens is 2. The molecule has 0 atom stereocenters. The highest BCUT2D eigenvalue weighted by atomic mass is 16.3. The van der Waals surface area contributed by atoms with Gasteiger partial charge in [-0.1, -0.05) is 111 Å². The minimum absolute atomic E-state index is 0.0837. The molecule has 0 unspecified atom stereocenters. The van der Waals surface area contributed by atoms with Crippen LogP contribution in [0.15, 0.2) is 126 Å². The van der Waals surface area contributed by atoms with Crippen LogP contribution in [0.2, 0.25) is 0 Å². The van der Waals surface area contributed by atoms with Crippen LogP contribution in [0.1, 0.15) is 25.0 Å². The summed E-state index contributed by atoms with van der Waals surface area (Å²) in [4.78, 5) is 10.1. The standard InChI is InChI=1S/C37H26N2O/c1-37(2)30-19-10-9-16-25(30)28-20-29-26-17-11-18-27(35(26)40-34(29)21-31(28)37)36-38-32(23-12-5-3-6-13-23)22-33(39-36)24-14-7-4-8-15-24/h3-22H,1-2H3. The third kappa shape index (κ3) is 3.37. The van der Waals surface area contributed by atoms with Crippen molar-refractivity contribution < 1.29 is 4.42 Å². The lowest BCUT2D eigenvalue weighted by Gasteiger charge is -2.21. The predicted molar refractivity (Wildman–Crippen MR) is 163 cm³/mol. The Kier molecular flexibility index (Phi) is 4.86. The number of hydrogen-bond acceptors (Lipinski definition) is 3. The second-order valence-corrected chi connectivity index (χ2v) is 11.0. The highest BCUT2D eigenvalue weighted by Crippen LogP contribution is 2.51. The lowest BCUT2D eigenvalue weighted by atomic mass is 9.82. The van der Waals surface area contributed by atoms with Gasteiger partial charge in [0.05, 0.1) is 17.0 Å². The second-order valence-electron chi connectivity index (χ2n) is 11.0. The molecule has 7 aromatic rings. The van der Waals surface area contributed by atoms with Gasteiger partial charge in [-0.2, -0.15) is 0 Å². The fourth-order valence-electron chi connectivity index (χ4n) is 6.25. The SMILES string of the molecule is CC1(C)c2ccccc2-c2cc3c(cc21)oc1c(-c2nc(-c4ccccc4)cc(-c4ccccc4)n2)cccc13. The molecule has 3 nitrogen and oxygen atoms in total. The second kappa shape index (κ2) is 8.49. The van der Waals surface area contributed by atoms with E-state index in [-0.39, 0.29) is 5.41 Å². The quantitative estimate of drug-likeness (QED) is 0.236. The summed E-state index contributed by atoms with van der Waals surface area (Å²) in [5.41, 5.74) is 11.7. The molecule has 0 aliphatic heterocycles. The number of para-hydroxylation sites is 1. The van der Waals surface area contributed by atoms with Gasteiger partial charge in [-0.25, -0.2) is 9.97 Å². The normalized spacial score (nSPS) is 13.4. The van der Waals surface area contributed by atoms with Crippen LogP contribution in [-0.4, -0.2) is 9.97 Å². The Balaban J connectivity index is 1.37. The van der Waals surface area contributed by atoms with E-state index in [1.165, 1.54) is 22.3 Å². The lowest BCUT2D eigenvalue weighted by Crippen LogP contribution is -2.14. The zero-order chi connectivity index (χ0) is 26.8. The van der Waals surface area contributed by atoms with Crippen LogP contribution in [0, 0.1) is 0 Å². The fraction of sp³-hybridized carbons (Fsp3) is 0.0811. The van der Waals surface area contributed by atoms with Crippen LogP contribution in [0.25, 0.3) is 67.0 Å². The van der Waals surface area contributed by atoms with Gasteiger partial charge in [0.1, 0.15) is 11.2 Å². The van der Waals surface area contributed by atoms with Gasteiger partial charge in [-0.3, -0.25) is 0 Å². The van der Waals surface area contributed by atoms with E-state index in [4.69, 9.17) is 14.4 Å². The summed E-state index contributed by atoms with van der Waals surface area (Å²) >= 11 is 0. The zero-order valence-corrected chi connectivity index (χ0v) is 22.3. The minimum atomic E-state index is -0.0837. The first-order valence-electron chi connectivity index (χ1n) is 13.7. The van der Waals surface area contributed by atoms with E-state index in [2.05, 4.69) is 98.8 Å². The molecule has 0 N–H and O–H groups in total. The monoisotopic (exact) mass is 514 g/mol. The van der Waals surface area contributed by atoms with Crippen molar-refractivity contribution in [1.29, 1.82) is 0 Å². The number of benzene rings is 5. The third-order valence-corrected chi connectivity index (χ3v) is 8.31. The molecular weight excluding hydrogens is 488 g/mol. The molecule has 0 spiro atoms. The van der Waals surface area contributed by atoms with Crippen LogP contribution >= 0.6 is 0 Å². The van der Waals surface area contributed by atoms with Crippen LogP contribution < -0.4 is 0 Å². The topological polar surface area (TPSA) is 38.9 Å². The minimum Gasteiger partial charge on any atom is -0.455 e. The predicted octanol–water partition coefficient (Wildman–Crippen LogP) is 9.68. The summed E-state index contributed by atoms with van der Waals surface area (Å²) in [6, 6.07) is 42.2. The van der Waals surface area contributed by atoms with Gasteiger partial charge in [-0.05, 0) is 46.5 Å². The number of rotatable bonds is 3. The van der Waals surface area contributed by atoms with Crippen molar-refractivity contribution in [3.63, 3.8) is 0 Å². The van der Waals surface area contributed by atoms with E-state index in [1.54, 1.807) is 0 Å². The van der Waals surface area contributed by atoms with Crippen molar-refractivity contribution in [1.82, 2.24) is 9.97 Å². The molecule has 0 saturated heterocycles. The fourth-order valence-corrected chi connectivity index (χ4v) is 6.25. The van der Waals surface area contributed by atoms with Gasteiger partial charge in [0.15, 0.2) is 5.82 Å². The Hall–Kier alpha value is -5.02. The molecule has 1 aliphatic carbocycles. The molecule has 0 amide bonds.